The minimum atomic E-state index is -0.297. The van der Waals surface area contributed by atoms with E-state index in [1.165, 1.54) is 0 Å². The number of benzene rings is 2. The number of para-hydroxylation sites is 1. The summed E-state index contributed by atoms with van der Waals surface area (Å²) in [5.41, 5.74) is 2.30. The van der Waals surface area contributed by atoms with Crippen LogP contribution in [0.3, 0.4) is 0 Å². The predicted octanol–water partition coefficient (Wildman–Crippen LogP) is 3.82. The van der Waals surface area contributed by atoms with Crippen molar-refractivity contribution in [2.24, 2.45) is 0 Å². The quantitative estimate of drug-likeness (QED) is 0.651. The summed E-state index contributed by atoms with van der Waals surface area (Å²) in [6.45, 7) is 3.46. The molecule has 0 spiro atoms. The van der Waals surface area contributed by atoms with Crippen molar-refractivity contribution in [3.05, 3.63) is 71.6 Å². The lowest BCUT2D eigenvalue weighted by atomic mass is 10.1. The van der Waals surface area contributed by atoms with E-state index in [1.54, 1.807) is 43.3 Å². The van der Waals surface area contributed by atoms with Gasteiger partial charge in [0.25, 0.3) is 11.8 Å². The van der Waals surface area contributed by atoms with E-state index in [9.17, 15) is 9.59 Å². The van der Waals surface area contributed by atoms with Crippen LogP contribution in [0.2, 0.25) is 0 Å². The Morgan fingerprint density at radius 1 is 1.04 bits per heavy atom. The van der Waals surface area contributed by atoms with Gasteiger partial charge in [-0.15, -0.1) is 0 Å². The smallest absolute Gasteiger partial charge is 0.262 e. The largest absolute Gasteiger partial charge is 0.484 e. The molecule has 28 heavy (non-hydrogen) atoms. The zero-order valence-corrected chi connectivity index (χ0v) is 15.7. The van der Waals surface area contributed by atoms with Crippen molar-refractivity contribution < 1.29 is 18.8 Å². The van der Waals surface area contributed by atoms with Crippen molar-refractivity contribution in [2.45, 2.75) is 20.3 Å². The normalized spacial score (nSPS) is 10.4. The standard InChI is InChI=1S/C21H21N3O4/c1-3-18-20(14(2)28-24-18)21(26)23-16-10-7-11-17(12-16)27-13-19(25)22-15-8-5-4-6-9-15/h4-12H,3,13H2,1-2H3,(H,22,25)(H,23,26). The molecular formula is C21H21N3O4. The van der Waals surface area contributed by atoms with Gasteiger partial charge >= 0.3 is 0 Å². The summed E-state index contributed by atoms with van der Waals surface area (Å²) in [5.74, 6) is 0.376. The Morgan fingerprint density at radius 3 is 2.54 bits per heavy atom. The van der Waals surface area contributed by atoms with Crippen LogP contribution < -0.4 is 15.4 Å². The van der Waals surface area contributed by atoms with Crippen LogP contribution in [0.15, 0.2) is 59.1 Å². The first-order valence-corrected chi connectivity index (χ1v) is 8.91. The molecule has 0 bridgehead atoms. The van der Waals surface area contributed by atoms with Crippen LogP contribution in [0.4, 0.5) is 11.4 Å². The average Bonchev–Trinajstić information content (AvgIpc) is 3.08. The molecule has 1 aromatic heterocycles. The maximum absolute atomic E-state index is 12.5. The topological polar surface area (TPSA) is 93.5 Å². The number of rotatable bonds is 7. The van der Waals surface area contributed by atoms with Crippen LogP contribution in [0.1, 0.15) is 28.7 Å². The summed E-state index contributed by atoms with van der Waals surface area (Å²) in [6, 6.07) is 16.0. The van der Waals surface area contributed by atoms with Gasteiger partial charge in [0.15, 0.2) is 6.61 Å². The van der Waals surface area contributed by atoms with Gasteiger partial charge in [-0.05, 0) is 37.6 Å². The predicted molar refractivity (Wildman–Crippen MR) is 106 cm³/mol. The second-order valence-corrected chi connectivity index (χ2v) is 6.10. The Morgan fingerprint density at radius 2 is 1.79 bits per heavy atom. The molecule has 0 fully saturated rings. The molecule has 2 aromatic carbocycles. The highest BCUT2D eigenvalue weighted by Gasteiger charge is 2.19. The summed E-state index contributed by atoms with van der Waals surface area (Å²) in [5, 5.41) is 9.45. The minimum Gasteiger partial charge on any atom is -0.484 e. The number of aryl methyl sites for hydroxylation is 2. The van der Waals surface area contributed by atoms with E-state index in [0.29, 0.717) is 40.6 Å². The molecule has 0 saturated heterocycles. The van der Waals surface area contributed by atoms with Gasteiger partial charge in [-0.3, -0.25) is 9.59 Å². The molecule has 0 unspecified atom stereocenters. The molecule has 1 heterocycles. The fraction of sp³-hybridized carbons (Fsp3) is 0.190. The Bertz CT molecular complexity index is 967. The van der Waals surface area contributed by atoms with Crippen LogP contribution in [0.25, 0.3) is 0 Å². The first kappa shape index (κ1) is 19.2. The lowest BCUT2D eigenvalue weighted by Crippen LogP contribution is -2.20. The number of aromatic nitrogens is 1. The second-order valence-electron chi connectivity index (χ2n) is 6.10. The molecule has 7 nitrogen and oxygen atoms in total. The molecule has 0 aliphatic rings. The average molecular weight is 379 g/mol. The highest BCUT2D eigenvalue weighted by Crippen LogP contribution is 2.20. The lowest BCUT2D eigenvalue weighted by Gasteiger charge is -2.10. The first-order chi connectivity index (χ1) is 13.6. The molecule has 7 heteroatoms. The van der Waals surface area contributed by atoms with Gasteiger partial charge in [0, 0.05) is 17.4 Å². The van der Waals surface area contributed by atoms with Gasteiger partial charge in [0.1, 0.15) is 17.1 Å². The second kappa shape index (κ2) is 8.85. The number of amides is 2. The number of hydrogen-bond donors (Lipinski definition) is 2. The van der Waals surface area contributed by atoms with Gasteiger partial charge in [-0.25, -0.2) is 0 Å². The minimum absolute atomic E-state index is 0.142. The third-order valence-corrected chi connectivity index (χ3v) is 4.01. The maximum atomic E-state index is 12.5. The molecule has 0 aliphatic heterocycles. The van der Waals surface area contributed by atoms with Gasteiger partial charge < -0.3 is 19.9 Å². The van der Waals surface area contributed by atoms with Crippen LogP contribution in [0, 0.1) is 6.92 Å². The molecule has 3 rings (SSSR count). The van der Waals surface area contributed by atoms with Crippen molar-refractivity contribution in [2.75, 3.05) is 17.2 Å². The zero-order valence-electron chi connectivity index (χ0n) is 15.7. The molecule has 2 amide bonds. The van der Waals surface area contributed by atoms with Crippen LogP contribution in [-0.2, 0) is 11.2 Å². The summed E-state index contributed by atoms with van der Waals surface area (Å²) in [7, 11) is 0. The molecule has 2 N–H and O–H groups in total. The molecular weight excluding hydrogens is 358 g/mol. The van der Waals surface area contributed by atoms with E-state index in [0.717, 1.165) is 0 Å². The fourth-order valence-corrected chi connectivity index (χ4v) is 2.67. The third-order valence-electron chi connectivity index (χ3n) is 4.01. The summed E-state index contributed by atoms with van der Waals surface area (Å²) < 4.78 is 10.6. The van der Waals surface area contributed by atoms with E-state index >= 15 is 0 Å². The number of ether oxygens (including phenoxy) is 1. The van der Waals surface area contributed by atoms with Crippen molar-refractivity contribution in [3.63, 3.8) is 0 Å². The van der Waals surface area contributed by atoms with E-state index < -0.39 is 0 Å². The summed E-state index contributed by atoms with van der Waals surface area (Å²) in [4.78, 5) is 24.5. The highest BCUT2D eigenvalue weighted by atomic mass is 16.5. The van der Waals surface area contributed by atoms with E-state index in [1.807, 2.05) is 25.1 Å². The number of nitrogens with one attached hydrogen (secondary N) is 2. The van der Waals surface area contributed by atoms with E-state index in [-0.39, 0.29) is 18.4 Å². The van der Waals surface area contributed by atoms with Gasteiger partial charge in [-0.1, -0.05) is 36.3 Å². The lowest BCUT2D eigenvalue weighted by molar-refractivity contribution is -0.118. The fourth-order valence-electron chi connectivity index (χ4n) is 2.67. The number of hydrogen-bond acceptors (Lipinski definition) is 5. The molecule has 0 radical (unpaired) electrons. The molecule has 0 aliphatic carbocycles. The first-order valence-electron chi connectivity index (χ1n) is 8.91. The van der Waals surface area contributed by atoms with E-state index in [2.05, 4.69) is 15.8 Å². The Kier molecular flexibility index (Phi) is 6.06. The van der Waals surface area contributed by atoms with Crippen LogP contribution >= 0.6 is 0 Å². The molecule has 3 aromatic rings. The zero-order chi connectivity index (χ0) is 19.9. The highest BCUT2D eigenvalue weighted by molar-refractivity contribution is 6.05. The summed E-state index contributed by atoms with van der Waals surface area (Å²) >= 11 is 0. The van der Waals surface area contributed by atoms with Gasteiger partial charge in [-0.2, -0.15) is 0 Å². The van der Waals surface area contributed by atoms with Crippen molar-refractivity contribution in [1.29, 1.82) is 0 Å². The molecule has 144 valence electrons. The Balaban J connectivity index is 1.60. The van der Waals surface area contributed by atoms with Crippen molar-refractivity contribution in [3.8, 4) is 5.75 Å². The van der Waals surface area contributed by atoms with Crippen LogP contribution in [0.5, 0.6) is 5.75 Å². The molecule has 0 saturated carbocycles. The monoisotopic (exact) mass is 379 g/mol. The Hall–Kier alpha value is -3.61. The van der Waals surface area contributed by atoms with Crippen LogP contribution in [-0.4, -0.2) is 23.6 Å². The number of carbonyl (C=O) groups is 2. The number of carbonyl (C=O) groups excluding carboxylic acids is 2. The third kappa shape index (κ3) is 4.76. The maximum Gasteiger partial charge on any atom is 0.262 e. The van der Waals surface area contributed by atoms with Gasteiger partial charge in [0.05, 0.1) is 5.69 Å². The number of nitrogens with zero attached hydrogens (tertiary/aromatic N) is 1. The van der Waals surface area contributed by atoms with Gasteiger partial charge in [0.2, 0.25) is 0 Å². The van der Waals surface area contributed by atoms with E-state index in [4.69, 9.17) is 9.26 Å². The molecule has 0 atom stereocenters. The SMILES string of the molecule is CCc1noc(C)c1C(=O)Nc1cccc(OCC(=O)Nc2ccccc2)c1. The number of anilines is 2. The summed E-state index contributed by atoms with van der Waals surface area (Å²) in [6.07, 6.45) is 0.597. The van der Waals surface area contributed by atoms with Crippen molar-refractivity contribution in [1.82, 2.24) is 5.16 Å². The Labute approximate surface area is 162 Å². The van der Waals surface area contributed by atoms with Crippen molar-refractivity contribution >= 4 is 23.2 Å².